The van der Waals surface area contributed by atoms with Crippen LogP contribution in [0.25, 0.3) is 0 Å². The van der Waals surface area contributed by atoms with Gasteiger partial charge in [0.15, 0.2) is 5.82 Å². The van der Waals surface area contributed by atoms with E-state index < -0.39 is 10.0 Å². The van der Waals surface area contributed by atoms with Gasteiger partial charge >= 0.3 is 0 Å². The molecule has 2 aromatic rings. The van der Waals surface area contributed by atoms with Crippen molar-refractivity contribution in [3.05, 3.63) is 41.0 Å². The van der Waals surface area contributed by atoms with Crippen LogP contribution in [0.5, 0.6) is 0 Å². The van der Waals surface area contributed by atoms with Crippen molar-refractivity contribution in [2.24, 2.45) is 0 Å². The molecular weight excluding hydrogens is 299 g/mol. The van der Waals surface area contributed by atoms with E-state index in [9.17, 15) is 8.42 Å². The van der Waals surface area contributed by atoms with E-state index in [1.165, 1.54) is 30.7 Å². The predicted molar refractivity (Wildman–Crippen MR) is 67.1 cm³/mol. The summed E-state index contributed by atoms with van der Waals surface area (Å²) in [5, 5.41) is -0.0486. The molecule has 6 nitrogen and oxygen atoms in total. The first-order valence-electron chi connectivity index (χ1n) is 4.60. The summed E-state index contributed by atoms with van der Waals surface area (Å²) in [7, 11) is -3.87. The number of hydrogen-bond acceptors (Lipinski definition) is 5. The Morgan fingerprint density at radius 3 is 2.67 bits per heavy atom. The molecule has 2 heterocycles. The molecule has 9 heteroatoms. The molecular formula is C9H6Cl2N4O2S. The average molecular weight is 305 g/mol. The second-order valence-electron chi connectivity index (χ2n) is 3.12. The molecule has 18 heavy (non-hydrogen) atoms. The van der Waals surface area contributed by atoms with Gasteiger partial charge in [0, 0.05) is 6.20 Å². The van der Waals surface area contributed by atoms with E-state index in [1.807, 2.05) is 0 Å². The molecule has 94 valence electrons. The Labute approximate surface area is 113 Å². The highest BCUT2D eigenvalue weighted by Crippen LogP contribution is 2.20. The van der Waals surface area contributed by atoms with Gasteiger partial charge in [0.05, 0.1) is 12.4 Å². The van der Waals surface area contributed by atoms with Crippen LogP contribution in [0.1, 0.15) is 0 Å². The van der Waals surface area contributed by atoms with Crippen LogP contribution in [0, 0.1) is 0 Å². The summed E-state index contributed by atoms with van der Waals surface area (Å²) in [4.78, 5) is 11.0. The second kappa shape index (κ2) is 5.05. The lowest BCUT2D eigenvalue weighted by Crippen LogP contribution is -2.15. The van der Waals surface area contributed by atoms with Crippen LogP contribution < -0.4 is 4.72 Å². The van der Waals surface area contributed by atoms with E-state index in [0.29, 0.717) is 0 Å². The van der Waals surface area contributed by atoms with Crippen molar-refractivity contribution in [1.82, 2.24) is 15.0 Å². The number of pyridine rings is 1. The number of nitrogens with one attached hydrogen (secondary N) is 1. The Balaban J connectivity index is 2.37. The molecule has 0 spiro atoms. The minimum atomic E-state index is -3.87. The van der Waals surface area contributed by atoms with Gasteiger partial charge in [-0.3, -0.25) is 9.71 Å². The van der Waals surface area contributed by atoms with Gasteiger partial charge in [-0.1, -0.05) is 23.2 Å². The van der Waals surface area contributed by atoms with Gasteiger partial charge in [0.1, 0.15) is 15.2 Å². The molecule has 0 saturated carbocycles. The zero-order valence-corrected chi connectivity index (χ0v) is 11.0. The monoisotopic (exact) mass is 304 g/mol. The lowest BCUT2D eigenvalue weighted by molar-refractivity contribution is 0.600. The van der Waals surface area contributed by atoms with Crippen molar-refractivity contribution in [1.29, 1.82) is 0 Å². The van der Waals surface area contributed by atoms with Gasteiger partial charge in [-0.25, -0.2) is 18.4 Å². The van der Waals surface area contributed by atoms with Crippen LogP contribution in [0.3, 0.4) is 0 Å². The fourth-order valence-corrected chi connectivity index (χ4v) is 2.74. The minimum Gasteiger partial charge on any atom is -0.262 e. The summed E-state index contributed by atoms with van der Waals surface area (Å²) >= 11 is 11.3. The summed E-state index contributed by atoms with van der Waals surface area (Å²) in [6, 6.07) is 2.79. The molecule has 1 N–H and O–H groups in total. The molecule has 0 aliphatic heterocycles. The number of anilines is 1. The average Bonchev–Trinajstić information content (AvgIpc) is 2.28. The molecule has 0 unspecified atom stereocenters. The van der Waals surface area contributed by atoms with Crippen molar-refractivity contribution >= 4 is 39.0 Å². The fraction of sp³-hybridized carbons (Fsp3) is 0. The molecule has 2 rings (SSSR count). The number of rotatable bonds is 3. The first-order valence-corrected chi connectivity index (χ1v) is 6.84. The summed E-state index contributed by atoms with van der Waals surface area (Å²) in [5.41, 5.74) is 0. The first kappa shape index (κ1) is 13.0. The Hall–Kier alpha value is -1.44. The molecule has 0 aliphatic rings. The quantitative estimate of drug-likeness (QED) is 0.876. The first-order chi connectivity index (χ1) is 8.49. The van der Waals surface area contributed by atoms with Crippen LogP contribution >= 0.6 is 23.2 Å². The van der Waals surface area contributed by atoms with Crippen molar-refractivity contribution in [2.75, 3.05) is 4.72 Å². The van der Waals surface area contributed by atoms with Crippen LogP contribution in [-0.4, -0.2) is 23.4 Å². The Morgan fingerprint density at radius 2 is 2.00 bits per heavy atom. The molecule has 0 bridgehead atoms. The van der Waals surface area contributed by atoms with Crippen LogP contribution in [-0.2, 0) is 10.0 Å². The second-order valence-corrected chi connectivity index (χ2v) is 5.52. The van der Waals surface area contributed by atoms with Crippen LogP contribution in [0.2, 0.25) is 10.3 Å². The zero-order chi connectivity index (χ0) is 13.2. The molecule has 2 aromatic heterocycles. The predicted octanol–water partition coefficient (Wildman–Crippen LogP) is 1.98. The Morgan fingerprint density at radius 1 is 1.22 bits per heavy atom. The fourth-order valence-electron chi connectivity index (χ4n) is 1.16. The minimum absolute atomic E-state index is 0.00224. The third-order valence-electron chi connectivity index (χ3n) is 1.86. The van der Waals surface area contributed by atoms with E-state index >= 15 is 0 Å². The van der Waals surface area contributed by atoms with E-state index in [1.54, 1.807) is 0 Å². The zero-order valence-electron chi connectivity index (χ0n) is 8.71. The van der Waals surface area contributed by atoms with Crippen molar-refractivity contribution in [3.8, 4) is 0 Å². The maximum Gasteiger partial charge on any atom is 0.266 e. The Bertz CT molecular complexity index is 678. The summed E-state index contributed by atoms with van der Waals surface area (Å²) < 4.78 is 26.2. The standard InChI is InChI=1S/C9H6Cl2N4O2S/c10-7-4-12-5-8(14-7)15-18(16,17)6-2-1-3-13-9(6)11/h1-5H,(H,14,15). The van der Waals surface area contributed by atoms with E-state index in [2.05, 4.69) is 19.7 Å². The van der Waals surface area contributed by atoms with Crippen molar-refractivity contribution in [3.63, 3.8) is 0 Å². The number of halogens is 2. The van der Waals surface area contributed by atoms with Crippen molar-refractivity contribution in [2.45, 2.75) is 4.90 Å². The number of aromatic nitrogens is 3. The Kier molecular flexibility index (Phi) is 3.65. The van der Waals surface area contributed by atoms with Gasteiger partial charge in [-0.05, 0) is 12.1 Å². The third kappa shape index (κ3) is 2.87. The van der Waals surface area contributed by atoms with Gasteiger partial charge < -0.3 is 0 Å². The lowest BCUT2D eigenvalue weighted by atomic mass is 10.5. The largest absolute Gasteiger partial charge is 0.266 e. The molecule has 0 aromatic carbocycles. The van der Waals surface area contributed by atoms with E-state index in [0.717, 1.165) is 0 Å². The maximum absolute atomic E-state index is 12.0. The van der Waals surface area contributed by atoms with Gasteiger partial charge in [0.25, 0.3) is 10.0 Å². The van der Waals surface area contributed by atoms with Crippen molar-refractivity contribution < 1.29 is 8.42 Å². The third-order valence-corrected chi connectivity index (χ3v) is 3.84. The van der Waals surface area contributed by atoms with Gasteiger partial charge in [-0.2, -0.15) is 0 Å². The summed E-state index contributed by atoms with van der Waals surface area (Å²) in [6.07, 6.45) is 3.91. The number of hydrogen-bond donors (Lipinski definition) is 1. The number of sulfonamides is 1. The molecule has 0 amide bonds. The highest BCUT2D eigenvalue weighted by atomic mass is 35.5. The van der Waals surface area contributed by atoms with E-state index in [-0.39, 0.29) is 21.0 Å². The van der Waals surface area contributed by atoms with E-state index in [4.69, 9.17) is 23.2 Å². The molecule has 0 fully saturated rings. The maximum atomic E-state index is 12.0. The molecule has 0 radical (unpaired) electrons. The molecule has 0 saturated heterocycles. The van der Waals surface area contributed by atoms with Crippen LogP contribution in [0.15, 0.2) is 35.6 Å². The smallest absolute Gasteiger partial charge is 0.262 e. The highest BCUT2D eigenvalue weighted by molar-refractivity contribution is 7.92. The lowest BCUT2D eigenvalue weighted by Gasteiger charge is -2.07. The summed E-state index contributed by atoms with van der Waals surface area (Å²) in [5.74, 6) is 0.00224. The highest BCUT2D eigenvalue weighted by Gasteiger charge is 2.19. The molecule has 0 aliphatic carbocycles. The van der Waals surface area contributed by atoms with Gasteiger partial charge in [0.2, 0.25) is 0 Å². The van der Waals surface area contributed by atoms with Crippen LogP contribution in [0.4, 0.5) is 5.82 Å². The topological polar surface area (TPSA) is 84.8 Å². The SMILES string of the molecule is O=S(=O)(Nc1cncc(Cl)n1)c1cccnc1Cl. The van der Waals surface area contributed by atoms with Gasteiger partial charge in [-0.15, -0.1) is 0 Å². The summed E-state index contributed by atoms with van der Waals surface area (Å²) in [6.45, 7) is 0. The normalized spacial score (nSPS) is 11.2. The molecule has 0 atom stereocenters. The number of nitrogens with zero attached hydrogens (tertiary/aromatic N) is 3.